The number of aryl methyl sites for hydroxylation is 1. The van der Waals surface area contributed by atoms with Crippen molar-refractivity contribution in [1.29, 1.82) is 0 Å². The van der Waals surface area contributed by atoms with E-state index < -0.39 is 0 Å². The molecule has 1 atom stereocenters. The van der Waals surface area contributed by atoms with Crippen molar-refractivity contribution in [3.8, 4) is 0 Å². The second-order valence-electron chi connectivity index (χ2n) is 4.99. The standard InChI is InChI=1S/C15H21N3O3.ClH/c1-11-2-4-12(5-3-11)14(19)17-6-7-18-15(20)13-10-21-9-8-16-13;/h2-5,13,16H,6-10H2,1H3,(H,17,19)(H,18,20);1H. The van der Waals surface area contributed by atoms with E-state index in [0.717, 1.165) is 5.56 Å². The summed E-state index contributed by atoms with van der Waals surface area (Å²) in [5, 5.41) is 8.62. The molecule has 1 aliphatic rings. The molecule has 0 spiro atoms. The lowest BCUT2D eigenvalue weighted by Crippen LogP contribution is -2.52. The largest absolute Gasteiger partial charge is 0.378 e. The molecule has 22 heavy (non-hydrogen) atoms. The summed E-state index contributed by atoms with van der Waals surface area (Å²) in [6, 6.07) is 7.06. The Morgan fingerprint density at radius 1 is 1.23 bits per heavy atom. The van der Waals surface area contributed by atoms with E-state index in [2.05, 4.69) is 16.0 Å². The molecule has 1 saturated heterocycles. The molecule has 2 rings (SSSR count). The minimum atomic E-state index is -0.299. The van der Waals surface area contributed by atoms with Crippen molar-refractivity contribution in [3.63, 3.8) is 0 Å². The maximum absolute atomic E-state index is 11.8. The summed E-state index contributed by atoms with van der Waals surface area (Å²) in [7, 11) is 0. The van der Waals surface area contributed by atoms with Crippen LogP contribution in [0.4, 0.5) is 0 Å². The van der Waals surface area contributed by atoms with Crippen molar-refractivity contribution in [3.05, 3.63) is 35.4 Å². The molecule has 1 aliphatic heterocycles. The highest BCUT2D eigenvalue weighted by Gasteiger charge is 2.20. The quantitative estimate of drug-likeness (QED) is 0.677. The SMILES string of the molecule is Cc1ccc(C(=O)NCCNC(=O)C2COCCN2)cc1.Cl. The van der Waals surface area contributed by atoms with E-state index in [0.29, 0.717) is 38.4 Å². The van der Waals surface area contributed by atoms with Crippen molar-refractivity contribution >= 4 is 24.2 Å². The van der Waals surface area contributed by atoms with Gasteiger partial charge in [-0.25, -0.2) is 0 Å². The average Bonchev–Trinajstić information content (AvgIpc) is 2.52. The van der Waals surface area contributed by atoms with E-state index in [4.69, 9.17) is 4.74 Å². The van der Waals surface area contributed by atoms with Gasteiger partial charge in [0.2, 0.25) is 5.91 Å². The third-order valence-corrected chi connectivity index (χ3v) is 3.26. The summed E-state index contributed by atoms with van der Waals surface area (Å²) in [4.78, 5) is 23.6. The molecule has 0 aromatic heterocycles. The maximum atomic E-state index is 11.8. The molecule has 1 fully saturated rings. The van der Waals surface area contributed by atoms with Gasteiger partial charge in [-0.3, -0.25) is 9.59 Å². The Hall–Kier alpha value is -1.63. The third-order valence-electron chi connectivity index (χ3n) is 3.26. The van der Waals surface area contributed by atoms with Gasteiger partial charge >= 0.3 is 0 Å². The van der Waals surface area contributed by atoms with Crippen LogP contribution in [0.15, 0.2) is 24.3 Å². The number of rotatable bonds is 5. The van der Waals surface area contributed by atoms with Gasteiger partial charge in [0.15, 0.2) is 0 Å². The minimum absolute atomic E-state index is 0. The van der Waals surface area contributed by atoms with Crippen molar-refractivity contribution in [2.45, 2.75) is 13.0 Å². The predicted molar refractivity (Wildman–Crippen MR) is 86.4 cm³/mol. The molecule has 1 heterocycles. The van der Waals surface area contributed by atoms with Crippen LogP contribution in [0.2, 0.25) is 0 Å². The molecule has 7 heteroatoms. The first-order chi connectivity index (χ1) is 10.2. The zero-order valence-corrected chi connectivity index (χ0v) is 13.4. The molecule has 0 aliphatic carbocycles. The summed E-state index contributed by atoms with van der Waals surface area (Å²) in [6.45, 7) is 4.47. The Bertz CT molecular complexity index is 487. The monoisotopic (exact) mass is 327 g/mol. The smallest absolute Gasteiger partial charge is 0.251 e. The predicted octanol–water partition coefficient (Wildman–Crippen LogP) is 0.251. The fraction of sp³-hybridized carbons (Fsp3) is 0.467. The van der Waals surface area contributed by atoms with Crippen molar-refractivity contribution in [2.24, 2.45) is 0 Å². The van der Waals surface area contributed by atoms with Crippen LogP contribution in [0.25, 0.3) is 0 Å². The van der Waals surface area contributed by atoms with Crippen LogP contribution in [-0.4, -0.2) is 50.7 Å². The Balaban J connectivity index is 0.00000242. The number of morpholine rings is 1. The van der Waals surface area contributed by atoms with E-state index in [-0.39, 0.29) is 30.3 Å². The van der Waals surface area contributed by atoms with Crippen LogP contribution in [0.1, 0.15) is 15.9 Å². The summed E-state index contributed by atoms with van der Waals surface area (Å²) in [6.07, 6.45) is 0. The number of nitrogens with one attached hydrogen (secondary N) is 3. The summed E-state index contributed by atoms with van der Waals surface area (Å²) in [5.74, 6) is -0.234. The van der Waals surface area contributed by atoms with E-state index in [9.17, 15) is 9.59 Å². The Kier molecular flexibility index (Phi) is 7.87. The summed E-state index contributed by atoms with van der Waals surface area (Å²) < 4.78 is 5.22. The van der Waals surface area contributed by atoms with Gasteiger partial charge in [-0.1, -0.05) is 17.7 Å². The van der Waals surface area contributed by atoms with Crippen molar-refractivity contribution in [2.75, 3.05) is 32.8 Å². The van der Waals surface area contributed by atoms with Gasteiger partial charge in [0.1, 0.15) is 6.04 Å². The summed E-state index contributed by atoms with van der Waals surface area (Å²) in [5.41, 5.74) is 1.73. The highest BCUT2D eigenvalue weighted by Crippen LogP contribution is 2.02. The lowest BCUT2D eigenvalue weighted by atomic mass is 10.1. The molecule has 6 nitrogen and oxygen atoms in total. The highest BCUT2D eigenvalue weighted by atomic mass is 35.5. The second-order valence-corrected chi connectivity index (χ2v) is 4.99. The molecule has 0 saturated carbocycles. The van der Waals surface area contributed by atoms with E-state index >= 15 is 0 Å². The number of hydrogen-bond acceptors (Lipinski definition) is 4. The number of amides is 2. The number of ether oxygens (including phenoxy) is 1. The molecule has 122 valence electrons. The lowest BCUT2D eigenvalue weighted by Gasteiger charge is -2.22. The average molecular weight is 328 g/mol. The van der Waals surface area contributed by atoms with Crippen LogP contribution in [0.5, 0.6) is 0 Å². The lowest BCUT2D eigenvalue weighted by molar-refractivity contribution is -0.125. The number of carbonyl (C=O) groups excluding carboxylic acids is 2. The highest BCUT2D eigenvalue weighted by molar-refractivity contribution is 5.94. The van der Waals surface area contributed by atoms with Gasteiger partial charge < -0.3 is 20.7 Å². The van der Waals surface area contributed by atoms with Gasteiger partial charge in [-0.2, -0.15) is 0 Å². The van der Waals surface area contributed by atoms with Crippen LogP contribution in [-0.2, 0) is 9.53 Å². The minimum Gasteiger partial charge on any atom is -0.378 e. The van der Waals surface area contributed by atoms with Gasteiger partial charge in [0, 0.05) is 25.2 Å². The van der Waals surface area contributed by atoms with E-state index in [1.165, 1.54) is 0 Å². The normalized spacial score (nSPS) is 17.2. The summed E-state index contributed by atoms with van der Waals surface area (Å²) >= 11 is 0. The second kappa shape index (κ2) is 9.40. The Morgan fingerprint density at radius 3 is 2.55 bits per heavy atom. The van der Waals surface area contributed by atoms with Crippen molar-refractivity contribution < 1.29 is 14.3 Å². The molecular weight excluding hydrogens is 306 g/mol. The molecule has 1 aromatic rings. The van der Waals surface area contributed by atoms with Crippen LogP contribution in [0.3, 0.4) is 0 Å². The molecular formula is C15H22ClN3O3. The number of benzene rings is 1. The van der Waals surface area contributed by atoms with Crippen LogP contribution in [0, 0.1) is 6.92 Å². The number of halogens is 1. The number of hydrogen-bond donors (Lipinski definition) is 3. The Morgan fingerprint density at radius 2 is 1.91 bits per heavy atom. The van der Waals surface area contributed by atoms with Gasteiger partial charge in [-0.05, 0) is 19.1 Å². The molecule has 1 aromatic carbocycles. The van der Waals surface area contributed by atoms with E-state index in [1.54, 1.807) is 12.1 Å². The molecule has 0 bridgehead atoms. The Labute approximate surface area is 136 Å². The van der Waals surface area contributed by atoms with Crippen molar-refractivity contribution in [1.82, 2.24) is 16.0 Å². The third kappa shape index (κ3) is 5.63. The van der Waals surface area contributed by atoms with Gasteiger partial charge in [0.05, 0.1) is 13.2 Å². The van der Waals surface area contributed by atoms with Crippen LogP contribution < -0.4 is 16.0 Å². The molecule has 1 unspecified atom stereocenters. The fourth-order valence-electron chi connectivity index (χ4n) is 2.03. The topological polar surface area (TPSA) is 79.5 Å². The first kappa shape index (κ1) is 18.4. The zero-order chi connectivity index (χ0) is 15.1. The molecule has 2 amide bonds. The first-order valence-electron chi connectivity index (χ1n) is 7.10. The van der Waals surface area contributed by atoms with Crippen LogP contribution >= 0.6 is 12.4 Å². The first-order valence-corrected chi connectivity index (χ1v) is 7.10. The zero-order valence-electron chi connectivity index (χ0n) is 12.6. The number of carbonyl (C=O) groups is 2. The van der Waals surface area contributed by atoms with Gasteiger partial charge in [-0.15, -0.1) is 12.4 Å². The fourth-order valence-corrected chi connectivity index (χ4v) is 2.03. The maximum Gasteiger partial charge on any atom is 0.251 e. The van der Waals surface area contributed by atoms with Gasteiger partial charge in [0.25, 0.3) is 5.91 Å². The van der Waals surface area contributed by atoms with E-state index in [1.807, 2.05) is 19.1 Å². The molecule has 0 radical (unpaired) electrons. The molecule has 3 N–H and O–H groups in total.